The van der Waals surface area contributed by atoms with Crippen LogP contribution >= 0.6 is 0 Å². The number of benzene rings is 4. The van der Waals surface area contributed by atoms with Crippen molar-refractivity contribution < 1.29 is 0 Å². The standard InChI is InChI=1S/C29H28/c1-20-14-21(2)16-27(15-20)28-17-22(3)29(23(4)18-28)26-12-10-25(11-13-26)19-24-8-6-5-7-9-24/h5-18H,19H2,1-4H3. The van der Waals surface area contributed by atoms with Crippen molar-refractivity contribution in [1.82, 2.24) is 0 Å². The third kappa shape index (κ3) is 4.32. The van der Waals surface area contributed by atoms with E-state index in [-0.39, 0.29) is 0 Å². The first kappa shape index (κ1) is 19.2. The Morgan fingerprint density at radius 3 is 1.59 bits per heavy atom. The van der Waals surface area contributed by atoms with E-state index in [2.05, 4.69) is 113 Å². The highest BCUT2D eigenvalue weighted by atomic mass is 14.1. The molecule has 144 valence electrons. The lowest BCUT2D eigenvalue weighted by molar-refractivity contribution is 1.19. The van der Waals surface area contributed by atoms with Gasteiger partial charge in [-0.05, 0) is 78.6 Å². The van der Waals surface area contributed by atoms with Crippen LogP contribution in [0.25, 0.3) is 22.3 Å². The van der Waals surface area contributed by atoms with Crippen molar-refractivity contribution in [2.24, 2.45) is 0 Å². The van der Waals surface area contributed by atoms with Gasteiger partial charge in [-0.15, -0.1) is 0 Å². The molecule has 0 aliphatic heterocycles. The van der Waals surface area contributed by atoms with Gasteiger partial charge >= 0.3 is 0 Å². The summed E-state index contributed by atoms with van der Waals surface area (Å²) < 4.78 is 0. The van der Waals surface area contributed by atoms with E-state index in [4.69, 9.17) is 0 Å². The molecule has 0 nitrogen and oxygen atoms in total. The van der Waals surface area contributed by atoms with E-state index in [0.29, 0.717) is 0 Å². The lowest BCUT2D eigenvalue weighted by Crippen LogP contribution is -1.93. The molecule has 0 spiro atoms. The molecule has 0 saturated carbocycles. The summed E-state index contributed by atoms with van der Waals surface area (Å²) in [5, 5.41) is 0. The van der Waals surface area contributed by atoms with Gasteiger partial charge in [-0.25, -0.2) is 0 Å². The van der Waals surface area contributed by atoms with Crippen LogP contribution in [0, 0.1) is 27.7 Å². The highest BCUT2D eigenvalue weighted by molar-refractivity contribution is 5.77. The highest BCUT2D eigenvalue weighted by Crippen LogP contribution is 2.33. The van der Waals surface area contributed by atoms with Crippen LogP contribution in [0.1, 0.15) is 33.4 Å². The molecule has 0 saturated heterocycles. The molecule has 0 heterocycles. The first-order chi connectivity index (χ1) is 14.0. The molecule has 29 heavy (non-hydrogen) atoms. The molecule has 0 bridgehead atoms. The Balaban J connectivity index is 1.65. The minimum Gasteiger partial charge on any atom is -0.0622 e. The van der Waals surface area contributed by atoms with Crippen molar-refractivity contribution >= 4 is 0 Å². The maximum absolute atomic E-state index is 2.33. The highest BCUT2D eigenvalue weighted by Gasteiger charge is 2.10. The van der Waals surface area contributed by atoms with Gasteiger partial charge in [-0.1, -0.05) is 96.1 Å². The lowest BCUT2D eigenvalue weighted by Gasteiger charge is -2.15. The molecule has 0 aliphatic carbocycles. The Kier molecular flexibility index (Phi) is 5.36. The SMILES string of the molecule is Cc1cc(C)cc(-c2cc(C)c(-c3ccc(Cc4ccccc4)cc3)c(C)c2)c1. The molecule has 0 fully saturated rings. The van der Waals surface area contributed by atoms with E-state index in [1.165, 1.54) is 55.6 Å². The van der Waals surface area contributed by atoms with E-state index in [9.17, 15) is 0 Å². The monoisotopic (exact) mass is 376 g/mol. The Morgan fingerprint density at radius 1 is 0.483 bits per heavy atom. The van der Waals surface area contributed by atoms with E-state index in [1.54, 1.807) is 0 Å². The van der Waals surface area contributed by atoms with Crippen molar-refractivity contribution in [2.75, 3.05) is 0 Å². The third-order valence-electron chi connectivity index (χ3n) is 5.58. The van der Waals surface area contributed by atoms with Gasteiger partial charge in [0.15, 0.2) is 0 Å². The second-order valence-corrected chi connectivity index (χ2v) is 8.22. The second kappa shape index (κ2) is 8.09. The van der Waals surface area contributed by atoms with E-state index < -0.39 is 0 Å². The quantitative estimate of drug-likeness (QED) is 0.340. The van der Waals surface area contributed by atoms with E-state index >= 15 is 0 Å². The van der Waals surface area contributed by atoms with Crippen LogP contribution in [0.2, 0.25) is 0 Å². The van der Waals surface area contributed by atoms with Crippen molar-refractivity contribution in [1.29, 1.82) is 0 Å². The molecule has 0 aliphatic rings. The first-order valence-corrected chi connectivity index (χ1v) is 10.3. The van der Waals surface area contributed by atoms with Gasteiger partial charge < -0.3 is 0 Å². The van der Waals surface area contributed by atoms with Crippen LogP contribution in [-0.2, 0) is 6.42 Å². The third-order valence-corrected chi connectivity index (χ3v) is 5.58. The van der Waals surface area contributed by atoms with Gasteiger partial charge in [0, 0.05) is 0 Å². The molecule has 0 radical (unpaired) electrons. The molecular formula is C29H28. The Morgan fingerprint density at radius 2 is 1.00 bits per heavy atom. The maximum atomic E-state index is 2.33. The topological polar surface area (TPSA) is 0 Å². The first-order valence-electron chi connectivity index (χ1n) is 10.3. The maximum Gasteiger partial charge on any atom is -0.00258 e. The predicted molar refractivity (Wildman–Crippen MR) is 126 cm³/mol. The van der Waals surface area contributed by atoms with Gasteiger partial charge in [0.05, 0.1) is 0 Å². The predicted octanol–water partition coefficient (Wildman–Crippen LogP) is 7.85. The van der Waals surface area contributed by atoms with Crippen molar-refractivity contribution in [3.63, 3.8) is 0 Å². The molecule has 0 atom stereocenters. The fraction of sp³-hybridized carbons (Fsp3) is 0.172. The summed E-state index contributed by atoms with van der Waals surface area (Å²) in [5.74, 6) is 0. The fourth-order valence-corrected chi connectivity index (χ4v) is 4.35. The lowest BCUT2D eigenvalue weighted by atomic mass is 9.90. The summed E-state index contributed by atoms with van der Waals surface area (Å²) >= 11 is 0. The number of hydrogen-bond donors (Lipinski definition) is 0. The summed E-state index contributed by atoms with van der Waals surface area (Å²) in [6.45, 7) is 8.79. The van der Waals surface area contributed by atoms with Gasteiger partial charge in [0.25, 0.3) is 0 Å². The number of hydrogen-bond acceptors (Lipinski definition) is 0. The second-order valence-electron chi connectivity index (χ2n) is 8.22. The molecule has 0 aromatic heterocycles. The van der Waals surface area contributed by atoms with Crippen molar-refractivity contribution in [2.45, 2.75) is 34.1 Å². The molecule has 4 aromatic rings. The summed E-state index contributed by atoms with van der Waals surface area (Å²) in [6.07, 6.45) is 0.977. The summed E-state index contributed by atoms with van der Waals surface area (Å²) in [7, 11) is 0. The molecule has 0 heteroatoms. The largest absolute Gasteiger partial charge is 0.0622 e. The van der Waals surface area contributed by atoms with Crippen LogP contribution < -0.4 is 0 Å². The Bertz CT molecular complexity index is 1090. The zero-order valence-electron chi connectivity index (χ0n) is 17.8. The molecule has 0 N–H and O–H groups in total. The zero-order valence-corrected chi connectivity index (χ0v) is 17.8. The van der Waals surface area contributed by atoms with Crippen LogP contribution in [0.4, 0.5) is 0 Å². The number of rotatable bonds is 4. The minimum atomic E-state index is 0.977. The molecule has 4 rings (SSSR count). The minimum absolute atomic E-state index is 0.977. The smallest absolute Gasteiger partial charge is 0.00258 e. The van der Waals surface area contributed by atoms with Crippen LogP contribution in [0.15, 0.2) is 84.9 Å². The molecular weight excluding hydrogens is 348 g/mol. The molecule has 0 amide bonds. The van der Waals surface area contributed by atoms with Gasteiger partial charge in [-0.3, -0.25) is 0 Å². The van der Waals surface area contributed by atoms with Crippen LogP contribution in [0.3, 0.4) is 0 Å². The van der Waals surface area contributed by atoms with Gasteiger partial charge in [0.2, 0.25) is 0 Å². The summed E-state index contributed by atoms with van der Waals surface area (Å²) in [4.78, 5) is 0. The Hall–Kier alpha value is -3.12. The average Bonchev–Trinajstić information content (AvgIpc) is 2.69. The fourth-order valence-electron chi connectivity index (χ4n) is 4.35. The number of aryl methyl sites for hydroxylation is 4. The zero-order chi connectivity index (χ0) is 20.4. The van der Waals surface area contributed by atoms with E-state index in [1.807, 2.05) is 0 Å². The summed E-state index contributed by atoms with van der Waals surface area (Å²) in [5.41, 5.74) is 13.2. The van der Waals surface area contributed by atoms with Crippen molar-refractivity contribution in [3.8, 4) is 22.3 Å². The Labute approximate surface area is 174 Å². The van der Waals surface area contributed by atoms with E-state index in [0.717, 1.165) is 6.42 Å². The average molecular weight is 377 g/mol. The summed E-state index contributed by atoms with van der Waals surface area (Å²) in [6, 6.07) is 31.2. The van der Waals surface area contributed by atoms with Crippen LogP contribution in [0.5, 0.6) is 0 Å². The molecule has 0 unspecified atom stereocenters. The van der Waals surface area contributed by atoms with Gasteiger partial charge in [0.1, 0.15) is 0 Å². The van der Waals surface area contributed by atoms with Crippen molar-refractivity contribution in [3.05, 3.63) is 118 Å². The van der Waals surface area contributed by atoms with Crippen LogP contribution in [-0.4, -0.2) is 0 Å². The molecule has 4 aromatic carbocycles. The normalized spacial score (nSPS) is 10.9. The van der Waals surface area contributed by atoms with Gasteiger partial charge in [-0.2, -0.15) is 0 Å².